The number of ether oxygens (including phenoxy) is 1. The maximum Gasteiger partial charge on any atom is 0.243 e. The van der Waals surface area contributed by atoms with Gasteiger partial charge in [-0.05, 0) is 56.5 Å². The number of hydrogen-bond donors (Lipinski definition) is 0. The van der Waals surface area contributed by atoms with Gasteiger partial charge in [0.05, 0.1) is 11.5 Å². The van der Waals surface area contributed by atoms with Gasteiger partial charge in [0, 0.05) is 38.2 Å². The van der Waals surface area contributed by atoms with Gasteiger partial charge in [-0.1, -0.05) is 18.2 Å². The lowest BCUT2D eigenvalue weighted by molar-refractivity contribution is -0.136. The molecule has 1 heterocycles. The molecule has 0 unspecified atom stereocenters. The fourth-order valence-corrected chi connectivity index (χ4v) is 5.42. The van der Waals surface area contributed by atoms with Crippen molar-refractivity contribution in [3.05, 3.63) is 59.4 Å². The van der Waals surface area contributed by atoms with Gasteiger partial charge < -0.3 is 9.64 Å². The first-order chi connectivity index (χ1) is 14.7. The van der Waals surface area contributed by atoms with Gasteiger partial charge in [-0.2, -0.15) is 4.31 Å². The van der Waals surface area contributed by atoms with E-state index in [2.05, 4.69) is 0 Å². The zero-order valence-corrected chi connectivity index (χ0v) is 19.0. The number of amides is 1. The van der Waals surface area contributed by atoms with Crippen molar-refractivity contribution in [3.63, 3.8) is 0 Å². The number of carbonyl (C=O) groups excluding carboxylic acids is 1. The molecule has 0 bridgehead atoms. The molecule has 1 amide bonds. The highest BCUT2D eigenvalue weighted by Crippen LogP contribution is 2.28. The number of hydrogen-bond acceptors (Lipinski definition) is 4. The quantitative estimate of drug-likeness (QED) is 0.649. The van der Waals surface area contributed by atoms with Gasteiger partial charge in [0.2, 0.25) is 15.9 Å². The third-order valence-corrected chi connectivity index (χ3v) is 7.52. The van der Waals surface area contributed by atoms with Gasteiger partial charge in [0.1, 0.15) is 11.6 Å². The summed E-state index contributed by atoms with van der Waals surface area (Å²) in [7, 11) is -1.98. The molecule has 0 atom stereocenters. The zero-order chi connectivity index (χ0) is 22.6. The van der Waals surface area contributed by atoms with E-state index < -0.39 is 10.0 Å². The molecule has 8 heteroatoms. The number of carbonyl (C=O) groups is 1. The normalized spacial score (nSPS) is 15.6. The Bertz CT molecular complexity index is 1030. The SMILES string of the molecule is CCOc1ccc(S(=O)(=O)N2CCC(C(=O)N(C)Cc3ccccc3F)CC2)cc1C. The van der Waals surface area contributed by atoms with Crippen LogP contribution < -0.4 is 4.74 Å². The van der Waals surface area contributed by atoms with E-state index in [0.717, 1.165) is 5.56 Å². The smallest absolute Gasteiger partial charge is 0.243 e. The largest absolute Gasteiger partial charge is 0.494 e. The second kappa shape index (κ2) is 9.78. The van der Waals surface area contributed by atoms with Gasteiger partial charge in [-0.3, -0.25) is 4.79 Å². The van der Waals surface area contributed by atoms with E-state index in [9.17, 15) is 17.6 Å². The van der Waals surface area contributed by atoms with Crippen molar-refractivity contribution in [2.75, 3.05) is 26.7 Å². The van der Waals surface area contributed by atoms with Crippen molar-refractivity contribution < 1.29 is 22.3 Å². The molecule has 1 saturated heterocycles. The Hall–Kier alpha value is -2.45. The van der Waals surface area contributed by atoms with Crippen LogP contribution in [0.2, 0.25) is 0 Å². The Morgan fingerprint density at radius 3 is 2.48 bits per heavy atom. The second-order valence-electron chi connectivity index (χ2n) is 7.82. The minimum atomic E-state index is -3.64. The lowest BCUT2D eigenvalue weighted by Gasteiger charge is -2.32. The molecular formula is C23H29FN2O4S. The topological polar surface area (TPSA) is 66.9 Å². The first-order valence-corrected chi connectivity index (χ1v) is 11.9. The molecule has 6 nitrogen and oxygen atoms in total. The van der Waals surface area contributed by atoms with E-state index in [0.29, 0.717) is 30.8 Å². The molecule has 2 aromatic carbocycles. The number of nitrogens with zero attached hydrogens (tertiary/aromatic N) is 2. The molecule has 31 heavy (non-hydrogen) atoms. The van der Waals surface area contributed by atoms with Gasteiger partial charge in [0.15, 0.2) is 0 Å². The molecule has 0 aliphatic carbocycles. The summed E-state index contributed by atoms with van der Waals surface area (Å²) < 4.78 is 46.9. The summed E-state index contributed by atoms with van der Waals surface area (Å²) >= 11 is 0. The van der Waals surface area contributed by atoms with Crippen molar-refractivity contribution in [1.82, 2.24) is 9.21 Å². The van der Waals surface area contributed by atoms with E-state index in [1.54, 1.807) is 43.4 Å². The number of aryl methyl sites for hydroxylation is 1. The lowest BCUT2D eigenvalue weighted by Crippen LogP contribution is -2.43. The number of benzene rings is 2. The Labute approximate surface area is 183 Å². The van der Waals surface area contributed by atoms with Crippen LogP contribution >= 0.6 is 0 Å². The van der Waals surface area contributed by atoms with Crippen molar-refractivity contribution in [2.45, 2.75) is 38.1 Å². The predicted octanol–water partition coefficient (Wildman–Crippen LogP) is 3.59. The van der Waals surface area contributed by atoms with Crippen LogP contribution in [-0.2, 0) is 21.4 Å². The molecule has 0 aromatic heterocycles. The predicted molar refractivity (Wildman–Crippen MR) is 117 cm³/mol. The number of rotatable bonds is 7. The summed E-state index contributed by atoms with van der Waals surface area (Å²) in [4.78, 5) is 14.6. The van der Waals surface area contributed by atoms with Crippen LogP contribution in [0.4, 0.5) is 4.39 Å². The summed E-state index contributed by atoms with van der Waals surface area (Å²) in [6.45, 7) is 4.95. The van der Waals surface area contributed by atoms with Crippen LogP contribution in [0.5, 0.6) is 5.75 Å². The maximum atomic E-state index is 13.9. The molecule has 1 fully saturated rings. The number of sulfonamides is 1. The third kappa shape index (κ3) is 5.25. The molecule has 0 radical (unpaired) electrons. The molecule has 1 aliphatic heterocycles. The zero-order valence-electron chi connectivity index (χ0n) is 18.2. The van der Waals surface area contributed by atoms with Crippen LogP contribution in [0.15, 0.2) is 47.4 Å². The minimum Gasteiger partial charge on any atom is -0.494 e. The van der Waals surface area contributed by atoms with Crippen LogP contribution in [0, 0.1) is 18.7 Å². The van der Waals surface area contributed by atoms with E-state index >= 15 is 0 Å². The van der Waals surface area contributed by atoms with Crippen molar-refractivity contribution in [3.8, 4) is 5.75 Å². The Morgan fingerprint density at radius 1 is 1.19 bits per heavy atom. The van der Waals surface area contributed by atoms with Gasteiger partial charge >= 0.3 is 0 Å². The number of halogens is 1. The monoisotopic (exact) mass is 448 g/mol. The molecule has 0 saturated carbocycles. The van der Waals surface area contributed by atoms with E-state index in [4.69, 9.17) is 4.74 Å². The maximum absolute atomic E-state index is 13.9. The molecule has 3 rings (SSSR count). The van der Waals surface area contributed by atoms with E-state index in [1.807, 2.05) is 13.8 Å². The highest BCUT2D eigenvalue weighted by Gasteiger charge is 2.33. The number of piperidine rings is 1. The first kappa shape index (κ1) is 23.2. The average molecular weight is 449 g/mol. The Balaban J connectivity index is 1.62. The van der Waals surface area contributed by atoms with Crippen molar-refractivity contribution in [2.24, 2.45) is 5.92 Å². The second-order valence-corrected chi connectivity index (χ2v) is 9.76. The fourth-order valence-electron chi connectivity index (χ4n) is 3.86. The summed E-state index contributed by atoms with van der Waals surface area (Å²) in [5.41, 5.74) is 1.23. The van der Waals surface area contributed by atoms with Crippen LogP contribution in [0.1, 0.15) is 30.9 Å². The summed E-state index contributed by atoms with van der Waals surface area (Å²) in [6.07, 6.45) is 0.880. The van der Waals surface area contributed by atoms with Crippen LogP contribution in [0.3, 0.4) is 0 Å². The highest BCUT2D eigenvalue weighted by atomic mass is 32.2. The van der Waals surface area contributed by atoms with Crippen molar-refractivity contribution >= 4 is 15.9 Å². The minimum absolute atomic E-state index is 0.0859. The Morgan fingerprint density at radius 2 is 1.87 bits per heavy atom. The summed E-state index contributed by atoms with van der Waals surface area (Å²) in [5.74, 6) is -0.0279. The first-order valence-electron chi connectivity index (χ1n) is 10.5. The molecule has 2 aromatic rings. The fraction of sp³-hybridized carbons (Fsp3) is 0.435. The molecule has 0 N–H and O–H groups in total. The summed E-state index contributed by atoms with van der Waals surface area (Å²) in [6, 6.07) is 11.3. The standard InChI is InChI=1S/C23H29FN2O4S/c1-4-30-22-10-9-20(15-17(22)2)31(28,29)26-13-11-18(12-14-26)23(27)25(3)16-19-7-5-6-8-21(19)24/h5-10,15,18H,4,11-14,16H2,1-3H3. The Kier molecular flexibility index (Phi) is 7.33. The molecule has 0 spiro atoms. The summed E-state index contributed by atoms with van der Waals surface area (Å²) in [5, 5.41) is 0. The highest BCUT2D eigenvalue weighted by molar-refractivity contribution is 7.89. The molecule has 1 aliphatic rings. The molecule has 168 valence electrons. The van der Waals surface area contributed by atoms with Crippen molar-refractivity contribution in [1.29, 1.82) is 0 Å². The van der Waals surface area contributed by atoms with E-state index in [1.165, 1.54) is 15.3 Å². The van der Waals surface area contributed by atoms with Gasteiger partial charge in [-0.15, -0.1) is 0 Å². The lowest BCUT2D eigenvalue weighted by atomic mass is 9.96. The third-order valence-electron chi connectivity index (χ3n) is 5.63. The molecular weight excluding hydrogens is 419 g/mol. The van der Waals surface area contributed by atoms with Gasteiger partial charge in [0.25, 0.3) is 0 Å². The van der Waals surface area contributed by atoms with Crippen LogP contribution in [-0.4, -0.2) is 50.3 Å². The average Bonchev–Trinajstić information content (AvgIpc) is 2.76. The van der Waals surface area contributed by atoms with E-state index in [-0.39, 0.29) is 42.2 Å². The van der Waals surface area contributed by atoms with Gasteiger partial charge in [-0.25, -0.2) is 12.8 Å². The van der Waals surface area contributed by atoms with Crippen LogP contribution in [0.25, 0.3) is 0 Å².